The van der Waals surface area contributed by atoms with Gasteiger partial charge in [0.1, 0.15) is 17.1 Å². The average molecular weight is 443 g/mol. The minimum atomic E-state index is -0.722. The number of anilines is 1. The van der Waals surface area contributed by atoms with Crippen molar-refractivity contribution in [1.29, 1.82) is 0 Å². The summed E-state index contributed by atoms with van der Waals surface area (Å²) in [4.78, 5) is 24.4. The Hall–Kier alpha value is -2.25. The third kappa shape index (κ3) is 4.47. The summed E-state index contributed by atoms with van der Waals surface area (Å²) in [7, 11) is 2.86. The molecule has 0 aromatic heterocycles. The maximum atomic E-state index is 12.3. The molecule has 0 heterocycles. The molecular weight excluding hydrogens is 426 g/mol. The van der Waals surface area contributed by atoms with Gasteiger partial charge >= 0.3 is 5.97 Å². The van der Waals surface area contributed by atoms with E-state index in [1.54, 1.807) is 37.3 Å². The van der Waals surface area contributed by atoms with Crippen molar-refractivity contribution in [2.75, 3.05) is 26.1 Å². The maximum absolute atomic E-state index is 12.3. The Morgan fingerprint density at radius 2 is 1.73 bits per heavy atom. The molecule has 0 atom stereocenters. The van der Waals surface area contributed by atoms with Crippen LogP contribution in [0.4, 0.5) is 5.69 Å². The Kier molecular flexibility index (Phi) is 6.88. The summed E-state index contributed by atoms with van der Waals surface area (Å²) < 4.78 is 16.1. The van der Waals surface area contributed by atoms with Gasteiger partial charge < -0.3 is 19.5 Å². The Labute approximate surface area is 164 Å². The second-order valence-electron chi connectivity index (χ2n) is 5.20. The Morgan fingerprint density at radius 1 is 1.12 bits per heavy atom. The molecule has 8 heteroatoms. The molecule has 138 valence electrons. The molecule has 1 amide bonds. The molecule has 0 saturated carbocycles. The number of ether oxygens (including phenoxy) is 3. The third-order valence-corrected chi connectivity index (χ3v) is 4.96. The van der Waals surface area contributed by atoms with E-state index < -0.39 is 18.5 Å². The zero-order chi connectivity index (χ0) is 19.3. The highest BCUT2D eigenvalue weighted by molar-refractivity contribution is 9.10. The first-order chi connectivity index (χ1) is 12.4. The molecule has 0 aliphatic heterocycles. The molecule has 0 unspecified atom stereocenters. The number of benzene rings is 2. The van der Waals surface area contributed by atoms with Gasteiger partial charge in [-0.25, -0.2) is 4.79 Å². The lowest BCUT2D eigenvalue weighted by atomic mass is 10.2. The van der Waals surface area contributed by atoms with E-state index in [-0.39, 0.29) is 5.56 Å². The van der Waals surface area contributed by atoms with Crippen LogP contribution in [0.1, 0.15) is 15.9 Å². The highest BCUT2D eigenvalue weighted by Gasteiger charge is 2.21. The van der Waals surface area contributed by atoms with Crippen molar-refractivity contribution in [3.8, 4) is 11.5 Å². The quantitative estimate of drug-likeness (QED) is 0.678. The summed E-state index contributed by atoms with van der Waals surface area (Å²) in [5.41, 5.74) is 1.36. The summed E-state index contributed by atoms with van der Waals surface area (Å²) in [6.45, 7) is 1.31. The fourth-order valence-corrected chi connectivity index (χ4v) is 2.82. The van der Waals surface area contributed by atoms with Crippen molar-refractivity contribution in [2.45, 2.75) is 6.92 Å². The summed E-state index contributed by atoms with van der Waals surface area (Å²) in [6, 6.07) is 8.31. The van der Waals surface area contributed by atoms with Gasteiger partial charge in [0.15, 0.2) is 6.61 Å². The molecule has 2 aromatic rings. The number of amides is 1. The highest BCUT2D eigenvalue weighted by atomic mass is 79.9. The van der Waals surface area contributed by atoms with Crippen molar-refractivity contribution in [1.82, 2.24) is 0 Å². The van der Waals surface area contributed by atoms with Crippen LogP contribution in [0.25, 0.3) is 0 Å². The largest absolute Gasteiger partial charge is 0.496 e. The van der Waals surface area contributed by atoms with Crippen molar-refractivity contribution in [3.05, 3.63) is 51.0 Å². The zero-order valence-corrected chi connectivity index (χ0v) is 16.7. The van der Waals surface area contributed by atoms with Crippen LogP contribution in [-0.4, -0.2) is 32.7 Å². The van der Waals surface area contributed by atoms with Crippen LogP contribution in [0.15, 0.2) is 34.8 Å². The van der Waals surface area contributed by atoms with Crippen LogP contribution in [0.5, 0.6) is 11.5 Å². The number of carbonyl (C=O) groups is 2. The standard InChI is InChI=1S/C18H17BrClNO5/c1-10-12(8-7-11(19)17(10)20)21-15(22)9-26-18(23)16-13(24-2)5-4-6-14(16)25-3/h4-8H,9H2,1-3H3,(H,21,22). The minimum Gasteiger partial charge on any atom is -0.496 e. The molecular formula is C18H17BrClNO5. The summed E-state index contributed by atoms with van der Waals surface area (Å²) in [5, 5.41) is 3.16. The molecule has 0 aliphatic carbocycles. The lowest BCUT2D eigenvalue weighted by Gasteiger charge is -2.13. The number of methoxy groups -OCH3 is 2. The normalized spacial score (nSPS) is 10.2. The molecule has 1 N–H and O–H groups in total. The first-order valence-electron chi connectivity index (χ1n) is 7.51. The molecule has 0 saturated heterocycles. The first kappa shape index (κ1) is 20.1. The van der Waals surface area contributed by atoms with Crippen molar-refractivity contribution in [3.63, 3.8) is 0 Å². The van der Waals surface area contributed by atoms with Crippen LogP contribution in [0.3, 0.4) is 0 Å². The number of esters is 1. The van der Waals surface area contributed by atoms with Gasteiger partial charge in [-0.2, -0.15) is 0 Å². The maximum Gasteiger partial charge on any atom is 0.346 e. The molecule has 0 spiro atoms. The molecule has 0 radical (unpaired) electrons. The lowest BCUT2D eigenvalue weighted by Crippen LogP contribution is -2.22. The molecule has 2 aromatic carbocycles. The summed E-state index contributed by atoms with van der Waals surface area (Å²) in [6.07, 6.45) is 0. The van der Waals surface area contributed by atoms with E-state index in [1.165, 1.54) is 14.2 Å². The second kappa shape index (κ2) is 8.91. The van der Waals surface area contributed by atoms with E-state index in [0.717, 1.165) is 4.47 Å². The van der Waals surface area contributed by atoms with Crippen LogP contribution < -0.4 is 14.8 Å². The number of halogens is 2. The Bertz CT molecular complexity index is 818. The van der Waals surface area contributed by atoms with Gasteiger partial charge in [-0.05, 0) is 52.7 Å². The van der Waals surface area contributed by atoms with E-state index in [1.807, 2.05) is 0 Å². The summed E-state index contributed by atoms with van der Waals surface area (Å²) in [5.74, 6) is -0.621. The smallest absolute Gasteiger partial charge is 0.346 e. The van der Waals surface area contributed by atoms with Gasteiger partial charge in [-0.3, -0.25) is 4.79 Å². The van der Waals surface area contributed by atoms with E-state index in [2.05, 4.69) is 21.2 Å². The number of carbonyl (C=O) groups excluding carboxylic acids is 2. The minimum absolute atomic E-state index is 0.119. The average Bonchev–Trinajstić information content (AvgIpc) is 2.65. The molecule has 0 fully saturated rings. The number of nitrogens with one attached hydrogen (secondary N) is 1. The van der Waals surface area contributed by atoms with Gasteiger partial charge in [0, 0.05) is 10.2 Å². The number of rotatable bonds is 6. The third-order valence-electron chi connectivity index (χ3n) is 3.58. The van der Waals surface area contributed by atoms with Crippen LogP contribution >= 0.6 is 27.5 Å². The van der Waals surface area contributed by atoms with Gasteiger partial charge in [0.05, 0.1) is 19.2 Å². The Morgan fingerprint density at radius 3 is 2.31 bits per heavy atom. The van der Waals surface area contributed by atoms with Crippen molar-refractivity contribution in [2.24, 2.45) is 0 Å². The predicted molar refractivity (Wildman–Crippen MR) is 102 cm³/mol. The van der Waals surface area contributed by atoms with Gasteiger partial charge in [0.25, 0.3) is 5.91 Å². The van der Waals surface area contributed by atoms with Gasteiger partial charge in [-0.1, -0.05) is 17.7 Å². The van der Waals surface area contributed by atoms with E-state index in [4.69, 9.17) is 25.8 Å². The van der Waals surface area contributed by atoms with E-state index >= 15 is 0 Å². The molecule has 0 bridgehead atoms. The van der Waals surface area contributed by atoms with Crippen LogP contribution in [-0.2, 0) is 9.53 Å². The fourth-order valence-electron chi connectivity index (χ4n) is 2.23. The second-order valence-corrected chi connectivity index (χ2v) is 6.43. The lowest BCUT2D eigenvalue weighted by molar-refractivity contribution is -0.119. The molecule has 6 nitrogen and oxygen atoms in total. The number of hydrogen-bond acceptors (Lipinski definition) is 5. The highest BCUT2D eigenvalue weighted by Crippen LogP contribution is 2.31. The first-order valence-corrected chi connectivity index (χ1v) is 8.68. The summed E-state index contributed by atoms with van der Waals surface area (Å²) >= 11 is 9.44. The van der Waals surface area contributed by atoms with Gasteiger partial charge in [-0.15, -0.1) is 0 Å². The molecule has 26 heavy (non-hydrogen) atoms. The fraction of sp³-hybridized carbons (Fsp3) is 0.222. The van der Waals surface area contributed by atoms with Crippen molar-refractivity contribution >= 4 is 45.1 Å². The van der Waals surface area contributed by atoms with Gasteiger partial charge in [0.2, 0.25) is 0 Å². The van der Waals surface area contributed by atoms with Crippen molar-refractivity contribution < 1.29 is 23.8 Å². The van der Waals surface area contributed by atoms with E-state index in [9.17, 15) is 9.59 Å². The topological polar surface area (TPSA) is 73.9 Å². The monoisotopic (exact) mass is 441 g/mol. The SMILES string of the molecule is COc1cccc(OC)c1C(=O)OCC(=O)Nc1ccc(Br)c(Cl)c1C. The van der Waals surface area contributed by atoms with E-state index in [0.29, 0.717) is 27.8 Å². The van der Waals surface area contributed by atoms with Crippen LogP contribution in [0.2, 0.25) is 5.02 Å². The predicted octanol–water partition coefficient (Wildman–Crippen LogP) is 4.22. The Balaban J connectivity index is 2.06. The number of hydrogen-bond donors (Lipinski definition) is 1. The molecule has 0 aliphatic rings. The van der Waals surface area contributed by atoms with Crippen LogP contribution in [0, 0.1) is 6.92 Å². The zero-order valence-electron chi connectivity index (χ0n) is 14.4. The molecule has 2 rings (SSSR count).